The highest BCUT2D eigenvalue weighted by molar-refractivity contribution is 5.76. The molecule has 3 unspecified atom stereocenters. The van der Waals surface area contributed by atoms with E-state index in [2.05, 4.69) is 19.2 Å². The molecule has 5 heteroatoms. The summed E-state index contributed by atoms with van der Waals surface area (Å²) in [4.78, 5) is 25.2. The molecular weight excluding hydrogens is 256 g/mol. The average molecular weight is 284 g/mol. The largest absolute Gasteiger partial charge is 0.481 e. The second-order valence-electron chi connectivity index (χ2n) is 7.02. The first-order chi connectivity index (χ1) is 9.12. The summed E-state index contributed by atoms with van der Waals surface area (Å²) in [6, 6.07) is -0.295. The number of carbonyl (C=O) groups is 2. The van der Waals surface area contributed by atoms with Gasteiger partial charge < -0.3 is 15.3 Å². The molecule has 0 aromatic heterocycles. The summed E-state index contributed by atoms with van der Waals surface area (Å²) < 4.78 is 0. The van der Waals surface area contributed by atoms with Crippen LogP contribution in [0.15, 0.2) is 0 Å². The Balaban J connectivity index is 2.72. The number of hydrogen-bond acceptors (Lipinski definition) is 2. The predicted molar refractivity (Wildman–Crippen MR) is 78.6 cm³/mol. The van der Waals surface area contributed by atoms with Crippen LogP contribution in [0.25, 0.3) is 0 Å². The van der Waals surface area contributed by atoms with Crippen LogP contribution in [0.2, 0.25) is 0 Å². The van der Waals surface area contributed by atoms with Crippen molar-refractivity contribution in [2.24, 2.45) is 11.3 Å². The topological polar surface area (TPSA) is 69.6 Å². The lowest BCUT2D eigenvalue weighted by Gasteiger charge is -2.40. The van der Waals surface area contributed by atoms with E-state index in [9.17, 15) is 9.59 Å². The van der Waals surface area contributed by atoms with Gasteiger partial charge in [0.25, 0.3) is 0 Å². The van der Waals surface area contributed by atoms with Gasteiger partial charge in [-0.05, 0) is 31.1 Å². The van der Waals surface area contributed by atoms with Crippen LogP contribution < -0.4 is 5.32 Å². The maximum atomic E-state index is 12.4. The first-order valence-electron chi connectivity index (χ1n) is 7.42. The molecule has 3 atom stereocenters. The van der Waals surface area contributed by atoms with Crippen LogP contribution in [0, 0.1) is 11.3 Å². The van der Waals surface area contributed by atoms with Gasteiger partial charge in [0, 0.05) is 18.6 Å². The number of carboxylic acid groups (broad SMARTS) is 1. The molecule has 1 aliphatic heterocycles. The van der Waals surface area contributed by atoms with Gasteiger partial charge in [-0.15, -0.1) is 0 Å². The van der Waals surface area contributed by atoms with Crippen LogP contribution in [-0.4, -0.2) is 40.6 Å². The van der Waals surface area contributed by atoms with E-state index in [1.807, 2.05) is 25.7 Å². The number of hydrogen-bond donors (Lipinski definition) is 2. The summed E-state index contributed by atoms with van der Waals surface area (Å²) in [6.07, 6.45) is 2.10. The zero-order chi connectivity index (χ0) is 15.5. The minimum absolute atomic E-state index is 0.0486. The number of carboxylic acids is 1. The number of amides is 2. The lowest BCUT2D eigenvalue weighted by Crippen LogP contribution is -2.55. The van der Waals surface area contributed by atoms with Crippen LogP contribution in [-0.2, 0) is 4.79 Å². The molecule has 0 bridgehead atoms. The molecule has 0 aromatic carbocycles. The van der Waals surface area contributed by atoms with Gasteiger partial charge >= 0.3 is 12.0 Å². The first kappa shape index (κ1) is 16.8. The Kier molecular flexibility index (Phi) is 5.42. The number of aliphatic carboxylic acids is 1. The van der Waals surface area contributed by atoms with Crippen molar-refractivity contribution >= 4 is 12.0 Å². The van der Waals surface area contributed by atoms with Gasteiger partial charge in [0.2, 0.25) is 0 Å². The summed E-state index contributed by atoms with van der Waals surface area (Å²) in [7, 11) is 0. The SMILES string of the molecule is CC1CCCN(C(=O)NC(CC(=O)O)C(C)(C)C)C1C. The molecule has 1 aliphatic rings. The summed E-state index contributed by atoms with van der Waals surface area (Å²) in [6.45, 7) is 10.8. The molecule has 1 saturated heterocycles. The third-order valence-corrected chi connectivity index (χ3v) is 4.36. The van der Waals surface area contributed by atoms with Crippen molar-refractivity contribution < 1.29 is 14.7 Å². The maximum absolute atomic E-state index is 12.4. The minimum atomic E-state index is -0.884. The summed E-state index contributed by atoms with van der Waals surface area (Å²) in [5.41, 5.74) is -0.279. The highest BCUT2D eigenvalue weighted by Crippen LogP contribution is 2.25. The second-order valence-corrected chi connectivity index (χ2v) is 7.02. The van der Waals surface area contributed by atoms with Crippen LogP contribution >= 0.6 is 0 Å². The Hall–Kier alpha value is -1.26. The molecule has 0 aromatic rings. The Morgan fingerprint density at radius 2 is 1.95 bits per heavy atom. The third-order valence-electron chi connectivity index (χ3n) is 4.36. The maximum Gasteiger partial charge on any atom is 0.317 e. The van der Waals surface area contributed by atoms with E-state index in [0.29, 0.717) is 5.92 Å². The molecule has 2 N–H and O–H groups in total. The van der Waals surface area contributed by atoms with E-state index in [4.69, 9.17) is 5.11 Å². The lowest BCUT2D eigenvalue weighted by molar-refractivity contribution is -0.138. The van der Waals surface area contributed by atoms with Crippen molar-refractivity contribution in [1.29, 1.82) is 0 Å². The zero-order valence-electron chi connectivity index (χ0n) is 13.3. The zero-order valence-corrected chi connectivity index (χ0v) is 13.3. The van der Waals surface area contributed by atoms with E-state index < -0.39 is 5.97 Å². The third kappa shape index (κ3) is 4.39. The second kappa shape index (κ2) is 6.46. The van der Waals surface area contributed by atoms with Gasteiger partial charge in [-0.2, -0.15) is 0 Å². The van der Waals surface area contributed by atoms with Gasteiger partial charge in [-0.3, -0.25) is 4.79 Å². The number of nitrogens with zero attached hydrogens (tertiary/aromatic N) is 1. The van der Waals surface area contributed by atoms with Crippen LogP contribution in [0.3, 0.4) is 0 Å². The number of urea groups is 1. The molecule has 0 radical (unpaired) electrons. The number of nitrogens with one attached hydrogen (secondary N) is 1. The number of likely N-dealkylation sites (tertiary alicyclic amines) is 1. The fourth-order valence-corrected chi connectivity index (χ4v) is 2.60. The fourth-order valence-electron chi connectivity index (χ4n) is 2.60. The molecule has 1 fully saturated rings. The average Bonchev–Trinajstić information content (AvgIpc) is 2.30. The van der Waals surface area contributed by atoms with Gasteiger partial charge in [-0.25, -0.2) is 4.79 Å². The Morgan fingerprint density at radius 3 is 2.45 bits per heavy atom. The van der Waals surface area contributed by atoms with E-state index >= 15 is 0 Å². The molecule has 2 amide bonds. The molecular formula is C15H28N2O3. The van der Waals surface area contributed by atoms with Crippen molar-refractivity contribution in [3.63, 3.8) is 0 Å². The van der Waals surface area contributed by atoms with Gasteiger partial charge in [-0.1, -0.05) is 27.7 Å². The van der Waals surface area contributed by atoms with Crippen molar-refractivity contribution in [2.45, 2.75) is 66.0 Å². The number of rotatable bonds is 3. The molecule has 0 aliphatic carbocycles. The summed E-state index contributed by atoms with van der Waals surface area (Å²) in [5, 5.41) is 11.9. The normalized spacial score (nSPS) is 25.1. The Morgan fingerprint density at radius 1 is 1.35 bits per heavy atom. The van der Waals surface area contributed by atoms with E-state index in [1.54, 1.807) is 0 Å². The van der Waals surface area contributed by atoms with Crippen molar-refractivity contribution in [3.8, 4) is 0 Å². The highest BCUT2D eigenvalue weighted by atomic mass is 16.4. The monoisotopic (exact) mass is 284 g/mol. The summed E-state index contributed by atoms with van der Waals surface area (Å²) >= 11 is 0. The number of carbonyl (C=O) groups excluding carboxylic acids is 1. The smallest absolute Gasteiger partial charge is 0.317 e. The Labute approximate surface area is 121 Å². The molecule has 1 heterocycles. The van der Waals surface area contributed by atoms with Crippen LogP contribution in [0.5, 0.6) is 0 Å². The van der Waals surface area contributed by atoms with Crippen LogP contribution in [0.1, 0.15) is 53.9 Å². The molecule has 20 heavy (non-hydrogen) atoms. The molecule has 1 rings (SSSR count). The molecule has 0 spiro atoms. The molecule has 0 saturated carbocycles. The quantitative estimate of drug-likeness (QED) is 0.837. The van der Waals surface area contributed by atoms with Gasteiger partial charge in [0.15, 0.2) is 0 Å². The van der Waals surface area contributed by atoms with Crippen molar-refractivity contribution in [3.05, 3.63) is 0 Å². The lowest BCUT2D eigenvalue weighted by atomic mass is 9.84. The molecule has 5 nitrogen and oxygen atoms in total. The van der Waals surface area contributed by atoms with E-state index in [0.717, 1.165) is 19.4 Å². The number of piperidine rings is 1. The van der Waals surface area contributed by atoms with Gasteiger partial charge in [0.05, 0.1) is 6.42 Å². The highest BCUT2D eigenvalue weighted by Gasteiger charge is 2.33. The van der Waals surface area contributed by atoms with E-state index in [1.165, 1.54) is 0 Å². The van der Waals surface area contributed by atoms with Crippen molar-refractivity contribution in [2.75, 3.05) is 6.54 Å². The minimum Gasteiger partial charge on any atom is -0.481 e. The van der Waals surface area contributed by atoms with E-state index in [-0.39, 0.29) is 30.0 Å². The summed E-state index contributed by atoms with van der Waals surface area (Å²) in [5.74, 6) is -0.396. The predicted octanol–water partition coefficient (Wildman–Crippen LogP) is 2.71. The fraction of sp³-hybridized carbons (Fsp3) is 0.867. The standard InChI is InChI=1S/C15H28N2O3/c1-10-7-6-8-17(11(10)2)14(20)16-12(9-13(18)19)15(3,4)5/h10-12H,6-9H2,1-5H3,(H,16,20)(H,18,19). The van der Waals surface area contributed by atoms with Crippen LogP contribution in [0.4, 0.5) is 4.79 Å². The Bertz CT molecular complexity index is 363. The molecule has 116 valence electrons. The van der Waals surface area contributed by atoms with Crippen molar-refractivity contribution in [1.82, 2.24) is 10.2 Å². The van der Waals surface area contributed by atoms with Gasteiger partial charge in [0.1, 0.15) is 0 Å². The first-order valence-corrected chi connectivity index (χ1v) is 7.42.